The molecule has 0 saturated carbocycles. The smallest absolute Gasteiger partial charge is 0.233 e. The maximum absolute atomic E-state index is 13.0. The zero-order valence-electron chi connectivity index (χ0n) is 18.8. The molecular weight excluding hydrogens is 452 g/mol. The second kappa shape index (κ2) is 10.8. The number of amides is 1. The van der Waals surface area contributed by atoms with E-state index in [0.29, 0.717) is 11.7 Å². The number of rotatable bonds is 8. The highest BCUT2D eigenvalue weighted by Crippen LogP contribution is 2.29. The number of aromatic nitrogens is 3. The Hall–Kier alpha value is -2.16. The monoisotopic (exact) mass is 482 g/mol. The first-order valence-corrected chi connectivity index (χ1v) is 13.7. The van der Waals surface area contributed by atoms with Crippen LogP contribution in [0, 0.1) is 5.92 Å². The van der Waals surface area contributed by atoms with Crippen molar-refractivity contribution in [2.45, 2.75) is 49.9 Å². The second-order valence-electron chi connectivity index (χ2n) is 8.83. The Labute approximate surface area is 203 Å². The van der Waals surface area contributed by atoms with Crippen molar-refractivity contribution in [3.8, 4) is 10.7 Å². The van der Waals surface area contributed by atoms with Gasteiger partial charge in [0.05, 0.1) is 23.3 Å². The van der Waals surface area contributed by atoms with E-state index < -0.39 is 0 Å². The van der Waals surface area contributed by atoms with Crippen molar-refractivity contribution in [1.29, 1.82) is 0 Å². The number of hydrogen-bond acceptors (Lipinski definition) is 6. The van der Waals surface area contributed by atoms with Gasteiger partial charge < -0.3 is 9.64 Å². The predicted molar refractivity (Wildman–Crippen MR) is 132 cm³/mol. The van der Waals surface area contributed by atoms with Crippen LogP contribution in [0.2, 0.25) is 0 Å². The zero-order chi connectivity index (χ0) is 22.5. The van der Waals surface area contributed by atoms with E-state index in [0.717, 1.165) is 74.2 Å². The van der Waals surface area contributed by atoms with Crippen molar-refractivity contribution in [3.63, 3.8) is 0 Å². The number of thiophene rings is 1. The van der Waals surface area contributed by atoms with Gasteiger partial charge in [0.15, 0.2) is 11.0 Å². The first kappa shape index (κ1) is 22.6. The molecule has 0 N–H and O–H groups in total. The lowest BCUT2D eigenvalue weighted by Gasteiger charge is -2.32. The number of hydrogen-bond donors (Lipinski definition) is 0. The summed E-state index contributed by atoms with van der Waals surface area (Å²) in [5, 5.41) is 11.8. The van der Waals surface area contributed by atoms with Gasteiger partial charge in [0.1, 0.15) is 0 Å². The third kappa shape index (κ3) is 5.67. The van der Waals surface area contributed by atoms with Crippen LogP contribution in [0.25, 0.3) is 10.7 Å². The molecule has 174 valence electrons. The molecule has 2 aliphatic heterocycles. The minimum atomic E-state index is 0.193. The van der Waals surface area contributed by atoms with Crippen LogP contribution in [0.15, 0.2) is 53.0 Å². The number of thioether (sulfide) groups is 1. The van der Waals surface area contributed by atoms with Crippen molar-refractivity contribution >= 4 is 29.0 Å². The molecule has 6 nitrogen and oxygen atoms in total. The van der Waals surface area contributed by atoms with Gasteiger partial charge in [-0.2, -0.15) is 0 Å². The van der Waals surface area contributed by atoms with Crippen LogP contribution < -0.4 is 0 Å². The summed E-state index contributed by atoms with van der Waals surface area (Å²) in [6, 6.07) is 14.8. The summed E-state index contributed by atoms with van der Waals surface area (Å²) in [5.74, 6) is 2.13. The van der Waals surface area contributed by atoms with Gasteiger partial charge in [-0.1, -0.05) is 48.2 Å². The predicted octanol–water partition coefficient (Wildman–Crippen LogP) is 4.76. The summed E-state index contributed by atoms with van der Waals surface area (Å²) < 4.78 is 8.01. The molecule has 0 aliphatic carbocycles. The lowest BCUT2D eigenvalue weighted by Crippen LogP contribution is -2.39. The SMILES string of the molecule is O=C(CSc1nnc(-c2cccs2)n1CC1CCCO1)N1CCC(Cc2ccccc2)CC1. The maximum Gasteiger partial charge on any atom is 0.233 e. The minimum Gasteiger partial charge on any atom is -0.376 e. The Morgan fingerprint density at radius 2 is 1.94 bits per heavy atom. The van der Waals surface area contributed by atoms with Crippen LogP contribution in [0.4, 0.5) is 0 Å². The van der Waals surface area contributed by atoms with E-state index in [9.17, 15) is 4.79 Å². The standard InChI is InChI=1S/C25H30N4O2S2/c30-23(28-12-10-20(11-13-28)16-19-6-2-1-3-7-19)18-33-25-27-26-24(22-9-5-15-32-22)29(25)17-21-8-4-14-31-21/h1-3,5-7,9,15,20-21H,4,8,10-14,16-18H2. The van der Waals surface area contributed by atoms with Gasteiger partial charge in [-0.15, -0.1) is 21.5 Å². The Morgan fingerprint density at radius 3 is 2.67 bits per heavy atom. The fourth-order valence-corrected chi connectivity index (χ4v) is 6.26. The average molecular weight is 483 g/mol. The van der Waals surface area contributed by atoms with E-state index >= 15 is 0 Å². The van der Waals surface area contributed by atoms with Gasteiger partial charge in [-0.25, -0.2) is 0 Å². The number of carbonyl (C=O) groups excluding carboxylic acids is 1. The summed E-state index contributed by atoms with van der Waals surface area (Å²) in [5.41, 5.74) is 1.39. The number of carbonyl (C=O) groups is 1. The van der Waals surface area contributed by atoms with Gasteiger partial charge in [0.2, 0.25) is 5.91 Å². The van der Waals surface area contributed by atoms with Crippen molar-refractivity contribution in [2.24, 2.45) is 5.92 Å². The molecule has 0 radical (unpaired) electrons. The van der Waals surface area contributed by atoms with Crippen molar-refractivity contribution in [3.05, 3.63) is 53.4 Å². The van der Waals surface area contributed by atoms with Crippen LogP contribution in [0.5, 0.6) is 0 Å². The number of ether oxygens (including phenoxy) is 1. The molecule has 5 rings (SSSR count). The Morgan fingerprint density at radius 1 is 1.09 bits per heavy atom. The highest BCUT2D eigenvalue weighted by Gasteiger charge is 2.25. The number of likely N-dealkylation sites (tertiary alicyclic amines) is 1. The van der Waals surface area contributed by atoms with Gasteiger partial charge in [-0.3, -0.25) is 9.36 Å². The van der Waals surface area contributed by atoms with E-state index in [1.165, 1.54) is 17.3 Å². The summed E-state index contributed by atoms with van der Waals surface area (Å²) in [6.45, 7) is 3.25. The van der Waals surface area contributed by atoms with Crippen LogP contribution >= 0.6 is 23.1 Å². The molecule has 2 aromatic heterocycles. The van der Waals surface area contributed by atoms with Crippen LogP contribution in [-0.2, 0) is 22.5 Å². The molecule has 4 heterocycles. The lowest BCUT2D eigenvalue weighted by atomic mass is 9.90. The normalized spacial score (nSPS) is 19.3. The molecule has 8 heteroatoms. The van der Waals surface area contributed by atoms with E-state index in [2.05, 4.69) is 56.5 Å². The highest BCUT2D eigenvalue weighted by atomic mass is 32.2. The van der Waals surface area contributed by atoms with Gasteiger partial charge in [0, 0.05) is 19.7 Å². The highest BCUT2D eigenvalue weighted by molar-refractivity contribution is 7.99. The van der Waals surface area contributed by atoms with E-state index in [-0.39, 0.29) is 12.0 Å². The first-order chi connectivity index (χ1) is 16.3. The summed E-state index contributed by atoms with van der Waals surface area (Å²) >= 11 is 3.16. The fourth-order valence-electron chi connectivity index (χ4n) is 4.69. The maximum atomic E-state index is 13.0. The molecule has 0 spiro atoms. The molecule has 1 atom stereocenters. The molecule has 3 aromatic rings. The third-order valence-electron chi connectivity index (χ3n) is 6.53. The Bertz CT molecular complexity index is 1020. The van der Waals surface area contributed by atoms with Crippen molar-refractivity contribution in [2.75, 3.05) is 25.4 Å². The summed E-state index contributed by atoms with van der Waals surface area (Å²) in [7, 11) is 0. The molecule has 1 amide bonds. The third-order valence-corrected chi connectivity index (χ3v) is 8.35. The molecule has 1 unspecified atom stereocenters. The van der Waals surface area contributed by atoms with Crippen LogP contribution in [0.1, 0.15) is 31.2 Å². The average Bonchev–Trinajstić information content (AvgIpc) is 3.62. The number of benzene rings is 1. The minimum absolute atomic E-state index is 0.193. The molecule has 0 bridgehead atoms. The molecule has 2 aliphatic rings. The summed E-state index contributed by atoms with van der Waals surface area (Å²) in [6.07, 6.45) is 5.60. The molecular formula is C25H30N4O2S2. The fraction of sp³-hybridized carbons (Fsp3) is 0.480. The van der Waals surface area contributed by atoms with Gasteiger partial charge >= 0.3 is 0 Å². The van der Waals surface area contributed by atoms with Crippen molar-refractivity contribution in [1.82, 2.24) is 19.7 Å². The lowest BCUT2D eigenvalue weighted by molar-refractivity contribution is -0.129. The number of nitrogens with zero attached hydrogens (tertiary/aromatic N) is 4. The summed E-state index contributed by atoms with van der Waals surface area (Å²) in [4.78, 5) is 16.1. The zero-order valence-corrected chi connectivity index (χ0v) is 20.4. The van der Waals surface area contributed by atoms with Gasteiger partial charge in [-0.05, 0) is 55.0 Å². The number of piperidine rings is 1. The molecule has 2 fully saturated rings. The topological polar surface area (TPSA) is 60.3 Å². The van der Waals surface area contributed by atoms with E-state index in [1.807, 2.05) is 11.0 Å². The van der Waals surface area contributed by atoms with E-state index in [1.54, 1.807) is 11.3 Å². The quantitative estimate of drug-likeness (QED) is 0.433. The Kier molecular flexibility index (Phi) is 7.43. The Balaban J connectivity index is 1.17. The molecule has 1 aromatic carbocycles. The molecule has 2 saturated heterocycles. The van der Waals surface area contributed by atoms with Crippen LogP contribution in [0.3, 0.4) is 0 Å². The largest absolute Gasteiger partial charge is 0.376 e. The first-order valence-electron chi connectivity index (χ1n) is 11.8. The molecule has 33 heavy (non-hydrogen) atoms. The second-order valence-corrected chi connectivity index (χ2v) is 10.7. The van der Waals surface area contributed by atoms with E-state index in [4.69, 9.17) is 4.74 Å². The van der Waals surface area contributed by atoms with Gasteiger partial charge in [0.25, 0.3) is 0 Å². The van der Waals surface area contributed by atoms with Crippen molar-refractivity contribution < 1.29 is 9.53 Å². The van der Waals surface area contributed by atoms with Crippen LogP contribution in [-0.4, -0.2) is 57.1 Å².